The van der Waals surface area contributed by atoms with Crippen LogP contribution in [0.2, 0.25) is 0 Å². The third kappa shape index (κ3) is 2.60. The molecule has 2 aromatic rings. The van der Waals surface area contributed by atoms with E-state index in [0.29, 0.717) is 6.61 Å². The molecule has 0 radical (unpaired) electrons. The van der Waals surface area contributed by atoms with Gasteiger partial charge in [-0.3, -0.25) is 0 Å². The van der Waals surface area contributed by atoms with Gasteiger partial charge < -0.3 is 14.8 Å². The molecule has 2 aromatic carbocycles. The third-order valence-electron chi connectivity index (χ3n) is 4.09. The second-order valence-corrected chi connectivity index (χ2v) is 5.39. The Hall–Kier alpha value is -1.68. The Morgan fingerprint density at radius 1 is 1.00 bits per heavy atom. The normalized spacial score (nSPS) is 22.1. The summed E-state index contributed by atoms with van der Waals surface area (Å²) in [6.45, 7) is 2.69. The molecule has 0 aliphatic carbocycles. The monoisotopic (exact) mass is 283 g/mol. The van der Waals surface area contributed by atoms with Crippen LogP contribution < -0.4 is 5.32 Å². The highest BCUT2D eigenvalue weighted by Crippen LogP contribution is 2.40. The second kappa shape index (κ2) is 5.98. The lowest BCUT2D eigenvalue weighted by Gasteiger charge is -2.30. The maximum absolute atomic E-state index is 6.39. The van der Waals surface area contributed by atoms with Crippen LogP contribution in [0.3, 0.4) is 0 Å². The average molecular weight is 283 g/mol. The zero-order chi connectivity index (χ0) is 14.7. The molecule has 0 aromatic heterocycles. The minimum atomic E-state index is -0.807. The predicted octanol–water partition coefficient (Wildman–Crippen LogP) is 2.91. The van der Waals surface area contributed by atoms with Crippen molar-refractivity contribution in [1.29, 1.82) is 0 Å². The zero-order valence-corrected chi connectivity index (χ0v) is 12.5. The molecular weight excluding hydrogens is 262 g/mol. The smallest absolute Gasteiger partial charge is 0.222 e. The van der Waals surface area contributed by atoms with Crippen molar-refractivity contribution in [2.75, 3.05) is 13.7 Å². The fourth-order valence-corrected chi connectivity index (χ4v) is 2.70. The molecule has 110 valence electrons. The van der Waals surface area contributed by atoms with Gasteiger partial charge in [0.15, 0.2) is 0 Å². The van der Waals surface area contributed by atoms with Crippen LogP contribution in [-0.2, 0) is 15.3 Å². The van der Waals surface area contributed by atoms with Gasteiger partial charge in [0.2, 0.25) is 5.79 Å². The first-order valence-electron chi connectivity index (χ1n) is 7.36. The van der Waals surface area contributed by atoms with Gasteiger partial charge in [-0.1, -0.05) is 60.7 Å². The standard InChI is InChI=1S/C18H21NO2/c1-14(19-2)17-13-20-18(21-17,15-9-5-3-6-10-15)16-11-7-4-8-12-16/h3-12,14,17,19H,13H2,1-2H3/t14-,17+/m0/s1. The zero-order valence-electron chi connectivity index (χ0n) is 12.5. The summed E-state index contributed by atoms with van der Waals surface area (Å²) in [5.41, 5.74) is 2.06. The van der Waals surface area contributed by atoms with E-state index in [1.807, 2.05) is 43.4 Å². The summed E-state index contributed by atoms with van der Waals surface area (Å²) in [6, 6.07) is 20.5. The van der Waals surface area contributed by atoms with Crippen molar-refractivity contribution in [3.8, 4) is 0 Å². The van der Waals surface area contributed by atoms with Crippen molar-refractivity contribution in [3.63, 3.8) is 0 Å². The summed E-state index contributed by atoms with van der Waals surface area (Å²) >= 11 is 0. The molecule has 1 fully saturated rings. The lowest BCUT2D eigenvalue weighted by Crippen LogP contribution is -2.38. The minimum Gasteiger partial charge on any atom is -0.339 e. The largest absolute Gasteiger partial charge is 0.339 e. The summed E-state index contributed by atoms with van der Waals surface area (Å²) in [5.74, 6) is -0.807. The summed E-state index contributed by atoms with van der Waals surface area (Å²) in [4.78, 5) is 0. The molecule has 3 nitrogen and oxygen atoms in total. The van der Waals surface area contributed by atoms with Crippen molar-refractivity contribution in [2.45, 2.75) is 24.9 Å². The molecule has 1 saturated heterocycles. The van der Waals surface area contributed by atoms with Crippen molar-refractivity contribution in [1.82, 2.24) is 5.32 Å². The van der Waals surface area contributed by atoms with E-state index in [0.717, 1.165) is 11.1 Å². The molecule has 3 heteroatoms. The van der Waals surface area contributed by atoms with Gasteiger partial charge in [0, 0.05) is 17.2 Å². The molecule has 1 aliphatic heterocycles. The van der Waals surface area contributed by atoms with Crippen molar-refractivity contribution >= 4 is 0 Å². The molecule has 1 heterocycles. The summed E-state index contributed by atoms with van der Waals surface area (Å²) in [5, 5.41) is 3.24. The van der Waals surface area contributed by atoms with E-state index in [1.165, 1.54) is 0 Å². The van der Waals surface area contributed by atoms with E-state index in [4.69, 9.17) is 9.47 Å². The molecule has 1 aliphatic rings. The van der Waals surface area contributed by atoms with Crippen molar-refractivity contribution in [2.24, 2.45) is 0 Å². The Bertz CT molecular complexity index is 531. The first-order valence-corrected chi connectivity index (χ1v) is 7.36. The number of hydrogen-bond acceptors (Lipinski definition) is 3. The minimum absolute atomic E-state index is 0.0235. The van der Waals surface area contributed by atoms with E-state index in [-0.39, 0.29) is 12.1 Å². The van der Waals surface area contributed by atoms with E-state index < -0.39 is 5.79 Å². The van der Waals surface area contributed by atoms with Crippen LogP contribution in [0.1, 0.15) is 18.1 Å². The van der Waals surface area contributed by atoms with Crippen LogP contribution in [0.25, 0.3) is 0 Å². The molecular formula is C18H21NO2. The van der Waals surface area contributed by atoms with Gasteiger partial charge in [-0.2, -0.15) is 0 Å². The van der Waals surface area contributed by atoms with Gasteiger partial charge in [-0.05, 0) is 14.0 Å². The Balaban J connectivity index is 2.02. The van der Waals surface area contributed by atoms with E-state index >= 15 is 0 Å². The third-order valence-corrected chi connectivity index (χ3v) is 4.09. The van der Waals surface area contributed by atoms with Crippen LogP contribution >= 0.6 is 0 Å². The molecule has 2 atom stereocenters. The Morgan fingerprint density at radius 2 is 1.52 bits per heavy atom. The average Bonchev–Trinajstić information content (AvgIpc) is 3.02. The number of nitrogens with one attached hydrogen (secondary N) is 1. The molecule has 0 bridgehead atoms. The van der Waals surface area contributed by atoms with Crippen LogP contribution in [0.15, 0.2) is 60.7 Å². The van der Waals surface area contributed by atoms with E-state index in [2.05, 4.69) is 36.5 Å². The predicted molar refractivity (Wildman–Crippen MR) is 83.0 cm³/mol. The number of likely N-dealkylation sites (N-methyl/N-ethyl adjacent to an activating group) is 1. The maximum atomic E-state index is 6.39. The summed E-state index contributed by atoms with van der Waals surface area (Å²) < 4.78 is 12.6. The molecule has 0 saturated carbocycles. The van der Waals surface area contributed by atoms with Gasteiger partial charge in [-0.15, -0.1) is 0 Å². The van der Waals surface area contributed by atoms with Gasteiger partial charge in [0.25, 0.3) is 0 Å². The Kier molecular flexibility index (Phi) is 4.06. The number of benzene rings is 2. The molecule has 21 heavy (non-hydrogen) atoms. The van der Waals surface area contributed by atoms with Crippen molar-refractivity contribution < 1.29 is 9.47 Å². The molecule has 0 spiro atoms. The van der Waals surface area contributed by atoms with Gasteiger partial charge in [0.05, 0.1) is 6.61 Å². The summed E-state index contributed by atoms with van der Waals surface area (Å²) in [7, 11) is 1.94. The quantitative estimate of drug-likeness (QED) is 0.936. The van der Waals surface area contributed by atoms with Crippen LogP contribution in [0.5, 0.6) is 0 Å². The van der Waals surface area contributed by atoms with Crippen LogP contribution in [-0.4, -0.2) is 25.8 Å². The molecule has 0 amide bonds. The molecule has 3 rings (SSSR count). The number of ether oxygens (including phenoxy) is 2. The summed E-state index contributed by atoms with van der Waals surface area (Å²) in [6.07, 6.45) is 0.0235. The first-order chi connectivity index (χ1) is 10.3. The second-order valence-electron chi connectivity index (χ2n) is 5.39. The fraction of sp³-hybridized carbons (Fsp3) is 0.333. The lowest BCUT2D eigenvalue weighted by atomic mass is 9.97. The highest BCUT2D eigenvalue weighted by Gasteiger charge is 2.46. The molecule has 1 N–H and O–H groups in total. The maximum Gasteiger partial charge on any atom is 0.222 e. The highest BCUT2D eigenvalue weighted by molar-refractivity contribution is 5.34. The van der Waals surface area contributed by atoms with Gasteiger partial charge in [-0.25, -0.2) is 0 Å². The first kappa shape index (κ1) is 14.3. The highest BCUT2D eigenvalue weighted by atomic mass is 16.7. The molecule has 0 unspecified atom stereocenters. The van der Waals surface area contributed by atoms with Crippen LogP contribution in [0, 0.1) is 0 Å². The Labute approximate surface area is 125 Å². The number of rotatable bonds is 4. The van der Waals surface area contributed by atoms with Crippen molar-refractivity contribution in [3.05, 3.63) is 71.8 Å². The Morgan fingerprint density at radius 3 is 2.00 bits per heavy atom. The lowest BCUT2D eigenvalue weighted by molar-refractivity contribution is -0.145. The van der Waals surface area contributed by atoms with Gasteiger partial charge >= 0.3 is 0 Å². The van der Waals surface area contributed by atoms with Gasteiger partial charge in [0.1, 0.15) is 6.10 Å². The SMILES string of the molecule is CN[C@@H](C)[C@H]1COC(c2ccccc2)(c2ccccc2)O1. The van der Waals surface area contributed by atoms with E-state index in [1.54, 1.807) is 0 Å². The fourth-order valence-electron chi connectivity index (χ4n) is 2.70. The topological polar surface area (TPSA) is 30.5 Å². The van der Waals surface area contributed by atoms with Crippen LogP contribution in [0.4, 0.5) is 0 Å². The van der Waals surface area contributed by atoms with E-state index in [9.17, 15) is 0 Å². The number of hydrogen-bond donors (Lipinski definition) is 1.